The molecule has 0 heterocycles. The lowest BCUT2D eigenvalue weighted by atomic mass is 10.0. The molecule has 342 valence electrons. The monoisotopic (exact) mass is 818 g/mol. The van der Waals surface area contributed by atoms with Gasteiger partial charge in [0.2, 0.25) is 5.91 Å². The zero-order valence-electron chi connectivity index (χ0n) is 38.9. The molecule has 3 N–H and O–H groups in total. The molecule has 3 atom stereocenters. The molecule has 0 rings (SSSR count). The second kappa shape index (κ2) is 46.4. The fourth-order valence-electron chi connectivity index (χ4n) is 7.89. The van der Waals surface area contributed by atoms with Crippen LogP contribution >= 0.6 is 0 Å². The summed E-state index contributed by atoms with van der Waals surface area (Å²) in [5.74, 6) is -0.493. The van der Waals surface area contributed by atoms with Gasteiger partial charge >= 0.3 is 5.97 Å². The zero-order valence-corrected chi connectivity index (χ0v) is 38.9. The predicted molar refractivity (Wildman–Crippen MR) is 250 cm³/mol. The second-order valence-corrected chi connectivity index (χ2v) is 17.6. The van der Waals surface area contributed by atoms with Crippen LogP contribution in [0.1, 0.15) is 271 Å². The maximum absolute atomic E-state index is 13.2. The number of allylic oxidation sites excluding steroid dienone is 4. The Morgan fingerprint density at radius 2 is 0.862 bits per heavy atom. The highest BCUT2D eigenvalue weighted by atomic mass is 16.5. The van der Waals surface area contributed by atoms with Crippen LogP contribution in [0.3, 0.4) is 0 Å². The summed E-state index contributed by atoms with van der Waals surface area (Å²) in [7, 11) is 0. The number of aliphatic hydroxyl groups excluding tert-OH is 2. The van der Waals surface area contributed by atoms with Crippen molar-refractivity contribution in [3.63, 3.8) is 0 Å². The summed E-state index contributed by atoms with van der Waals surface area (Å²) in [4.78, 5) is 26.1. The molecule has 0 fully saturated rings. The van der Waals surface area contributed by atoms with E-state index in [4.69, 9.17) is 4.74 Å². The Balaban J connectivity index is 4.59. The molecule has 1 amide bonds. The highest BCUT2D eigenvalue weighted by Crippen LogP contribution is 2.18. The lowest BCUT2D eigenvalue weighted by Gasteiger charge is -2.24. The van der Waals surface area contributed by atoms with Gasteiger partial charge in [-0.2, -0.15) is 0 Å². The number of ether oxygens (including phenoxy) is 1. The van der Waals surface area contributed by atoms with Gasteiger partial charge in [0, 0.05) is 6.42 Å². The summed E-state index contributed by atoms with van der Waals surface area (Å²) in [6, 6.07) is -0.701. The van der Waals surface area contributed by atoms with Crippen molar-refractivity contribution in [2.75, 3.05) is 6.61 Å². The smallest absolute Gasteiger partial charge is 0.306 e. The number of unbranched alkanes of at least 4 members (excludes halogenated alkanes) is 31. The molecule has 0 saturated heterocycles. The number of hydrogen-bond acceptors (Lipinski definition) is 5. The molecule has 3 unspecified atom stereocenters. The van der Waals surface area contributed by atoms with E-state index in [-0.39, 0.29) is 24.9 Å². The first-order valence-corrected chi connectivity index (χ1v) is 25.6. The van der Waals surface area contributed by atoms with E-state index in [1.165, 1.54) is 161 Å². The van der Waals surface area contributed by atoms with E-state index in [0.717, 1.165) is 64.2 Å². The molecule has 0 aliphatic rings. The third-order valence-electron chi connectivity index (χ3n) is 11.8. The van der Waals surface area contributed by atoms with Gasteiger partial charge in [0.1, 0.15) is 6.10 Å². The SMILES string of the molecule is CCCCCCCCC/C=C/C=C/CCCCCC(=O)OC(CCCCCCCCCCCCCCC)CC(=O)NC(CO)C(O)CCCCCCCCCCCC. The van der Waals surface area contributed by atoms with Crippen molar-refractivity contribution in [3.05, 3.63) is 24.3 Å². The summed E-state index contributed by atoms with van der Waals surface area (Å²) in [5, 5.41) is 23.7. The van der Waals surface area contributed by atoms with Crippen molar-refractivity contribution in [1.82, 2.24) is 5.32 Å². The molecule has 6 heteroatoms. The maximum Gasteiger partial charge on any atom is 0.306 e. The highest BCUT2D eigenvalue weighted by Gasteiger charge is 2.24. The lowest BCUT2D eigenvalue weighted by Crippen LogP contribution is -2.46. The third kappa shape index (κ3) is 41.1. The molecule has 0 spiro atoms. The van der Waals surface area contributed by atoms with E-state index in [2.05, 4.69) is 50.4 Å². The number of rotatable bonds is 46. The van der Waals surface area contributed by atoms with Crippen molar-refractivity contribution in [3.8, 4) is 0 Å². The molecule has 0 aliphatic heterocycles. The summed E-state index contributed by atoms with van der Waals surface area (Å²) in [6.07, 6.45) is 52.4. The predicted octanol–water partition coefficient (Wildman–Crippen LogP) is 15.1. The van der Waals surface area contributed by atoms with Gasteiger partial charge in [-0.3, -0.25) is 9.59 Å². The Bertz CT molecular complexity index is 919. The van der Waals surface area contributed by atoms with Crippen molar-refractivity contribution in [1.29, 1.82) is 0 Å². The van der Waals surface area contributed by atoms with Gasteiger partial charge in [0.05, 0.1) is 25.2 Å². The van der Waals surface area contributed by atoms with Crippen LogP contribution in [0, 0.1) is 0 Å². The van der Waals surface area contributed by atoms with Crippen LogP contribution in [0.2, 0.25) is 0 Å². The van der Waals surface area contributed by atoms with Crippen molar-refractivity contribution < 1.29 is 24.5 Å². The molecule has 0 radical (unpaired) electrons. The number of aliphatic hydroxyl groups is 2. The van der Waals surface area contributed by atoms with Gasteiger partial charge < -0.3 is 20.3 Å². The summed E-state index contributed by atoms with van der Waals surface area (Å²) < 4.78 is 5.92. The molecule has 0 aromatic rings. The first-order valence-electron chi connectivity index (χ1n) is 25.6. The van der Waals surface area contributed by atoms with Gasteiger partial charge in [-0.1, -0.05) is 231 Å². The van der Waals surface area contributed by atoms with Crippen molar-refractivity contribution in [2.24, 2.45) is 0 Å². The second-order valence-electron chi connectivity index (χ2n) is 17.6. The van der Waals surface area contributed by atoms with E-state index in [0.29, 0.717) is 19.3 Å². The number of esters is 1. The minimum Gasteiger partial charge on any atom is -0.462 e. The van der Waals surface area contributed by atoms with Crippen LogP contribution in [-0.4, -0.2) is 46.9 Å². The number of amides is 1. The Hall–Kier alpha value is -1.66. The van der Waals surface area contributed by atoms with Crippen LogP contribution in [0.15, 0.2) is 24.3 Å². The van der Waals surface area contributed by atoms with Gasteiger partial charge in [0.25, 0.3) is 0 Å². The van der Waals surface area contributed by atoms with Crippen molar-refractivity contribution >= 4 is 11.9 Å². The topological polar surface area (TPSA) is 95.9 Å². The van der Waals surface area contributed by atoms with Crippen LogP contribution in [0.25, 0.3) is 0 Å². The maximum atomic E-state index is 13.2. The van der Waals surface area contributed by atoms with Crippen LogP contribution in [0.5, 0.6) is 0 Å². The van der Waals surface area contributed by atoms with E-state index < -0.39 is 18.2 Å². The van der Waals surface area contributed by atoms with E-state index in [1.807, 2.05) is 0 Å². The first-order chi connectivity index (χ1) is 28.5. The molecule has 6 nitrogen and oxygen atoms in total. The molecule has 0 bridgehead atoms. The number of nitrogens with one attached hydrogen (secondary N) is 1. The fraction of sp³-hybridized carbons (Fsp3) is 0.885. The minimum absolute atomic E-state index is 0.0722. The van der Waals surface area contributed by atoms with Gasteiger partial charge in [-0.25, -0.2) is 0 Å². The van der Waals surface area contributed by atoms with E-state index in [9.17, 15) is 19.8 Å². The van der Waals surface area contributed by atoms with Crippen LogP contribution in [-0.2, 0) is 14.3 Å². The molecule has 0 saturated carbocycles. The Morgan fingerprint density at radius 1 is 0.500 bits per heavy atom. The normalized spacial score (nSPS) is 13.4. The van der Waals surface area contributed by atoms with Crippen molar-refractivity contribution in [2.45, 2.75) is 289 Å². The van der Waals surface area contributed by atoms with Gasteiger partial charge in [-0.15, -0.1) is 0 Å². The van der Waals surface area contributed by atoms with E-state index in [1.54, 1.807) is 0 Å². The largest absolute Gasteiger partial charge is 0.462 e. The molecule has 0 aromatic carbocycles. The Morgan fingerprint density at radius 3 is 1.28 bits per heavy atom. The summed E-state index contributed by atoms with van der Waals surface area (Å²) >= 11 is 0. The first kappa shape index (κ1) is 56.3. The molecular weight excluding hydrogens is 719 g/mol. The molecule has 0 aliphatic carbocycles. The van der Waals surface area contributed by atoms with Gasteiger partial charge in [-0.05, 0) is 51.4 Å². The lowest BCUT2D eigenvalue weighted by molar-refractivity contribution is -0.151. The van der Waals surface area contributed by atoms with E-state index >= 15 is 0 Å². The zero-order chi connectivity index (χ0) is 42.4. The molecular formula is C52H99NO5. The minimum atomic E-state index is -0.786. The third-order valence-corrected chi connectivity index (χ3v) is 11.8. The number of hydrogen-bond donors (Lipinski definition) is 3. The average molecular weight is 818 g/mol. The standard InChI is InChI=1S/C52H99NO5/c1-4-7-10-13-16-19-22-24-25-26-28-30-33-36-39-42-45-52(57)58-48(43-40-37-34-31-29-27-23-20-17-14-11-8-5-2)46-51(56)53-49(47-54)50(55)44-41-38-35-32-21-18-15-12-9-6-3/h25-26,28,30,48-50,54-55H,4-24,27,29,31-47H2,1-3H3,(H,53,56)/b26-25+,30-28+. The quantitative estimate of drug-likeness (QED) is 0.0323. The summed E-state index contributed by atoms with van der Waals surface area (Å²) in [5.41, 5.74) is 0. The van der Waals surface area contributed by atoms with Gasteiger partial charge in [0.15, 0.2) is 0 Å². The Kier molecular flexibility index (Phi) is 45.1. The average Bonchev–Trinajstić information content (AvgIpc) is 3.22. The van der Waals surface area contributed by atoms with Crippen LogP contribution < -0.4 is 5.32 Å². The summed E-state index contributed by atoms with van der Waals surface area (Å²) in [6.45, 7) is 6.47. The fourth-order valence-corrected chi connectivity index (χ4v) is 7.89. The van der Waals surface area contributed by atoms with Crippen LogP contribution in [0.4, 0.5) is 0 Å². The molecule has 0 aromatic heterocycles. The molecule has 58 heavy (non-hydrogen) atoms. The Labute approximate surface area is 361 Å². The number of carbonyl (C=O) groups excluding carboxylic acids is 2. The number of carbonyl (C=O) groups is 2. The highest BCUT2D eigenvalue weighted by molar-refractivity contribution is 5.77.